The summed E-state index contributed by atoms with van der Waals surface area (Å²) in [6, 6.07) is 7.09. The molecular formula is C16H16N6O2. The number of anilines is 3. The van der Waals surface area contributed by atoms with E-state index in [9.17, 15) is 4.79 Å². The van der Waals surface area contributed by atoms with E-state index in [0.29, 0.717) is 29.0 Å². The number of nitrogens with one attached hydrogen (secondary N) is 3. The first-order chi connectivity index (χ1) is 11.6. The van der Waals surface area contributed by atoms with Gasteiger partial charge >= 0.3 is 0 Å². The molecule has 3 rings (SSSR count). The number of carbonyl (C=O) groups is 1. The lowest BCUT2D eigenvalue weighted by molar-refractivity contribution is -0.114. The number of H-pyrrole nitrogens is 1. The summed E-state index contributed by atoms with van der Waals surface area (Å²) < 4.78 is 5.24. The fourth-order valence-electron chi connectivity index (χ4n) is 2.00. The van der Waals surface area contributed by atoms with E-state index in [1.165, 1.54) is 6.92 Å². The normalized spacial score (nSPS) is 10.9. The lowest BCUT2D eigenvalue weighted by Crippen LogP contribution is -2.09. The molecule has 0 unspecified atom stereocenters. The number of furan rings is 1. The maximum Gasteiger partial charge on any atom is 0.222 e. The zero-order chi connectivity index (χ0) is 16.9. The van der Waals surface area contributed by atoms with E-state index in [0.717, 1.165) is 5.69 Å². The number of carbonyl (C=O) groups excluding carboxylic acids is 1. The van der Waals surface area contributed by atoms with E-state index in [1.807, 2.05) is 19.1 Å². The van der Waals surface area contributed by atoms with Gasteiger partial charge < -0.3 is 15.1 Å². The number of nitrogens with zero attached hydrogens (tertiary/aromatic N) is 3. The van der Waals surface area contributed by atoms with Crippen LogP contribution < -0.4 is 10.6 Å². The van der Waals surface area contributed by atoms with Gasteiger partial charge in [0, 0.05) is 24.8 Å². The van der Waals surface area contributed by atoms with Gasteiger partial charge in [0.25, 0.3) is 0 Å². The third-order valence-electron chi connectivity index (χ3n) is 2.95. The molecule has 0 bridgehead atoms. The van der Waals surface area contributed by atoms with Gasteiger partial charge in [-0.3, -0.25) is 9.89 Å². The molecule has 0 aliphatic rings. The Kier molecular flexibility index (Phi) is 4.37. The fourth-order valence-corrected chi connectivity index (χ4v) is 2.00. The van der Waals surface area contributed by atoms with E-state index in [2.05, 4.69) is 30.8 Å². The molecule has 0 fully saturated rings. The van der Waals surface area contributed by atoms with Crippen molar-refractivity contribution in [2.75, 3.05) is 10.6 Å². The molecule has 0 atom stereocenters. The lowest BCUT2D eigenvalue weighted by Gasteiger charge is -2.07. The zero-order valence-corrected chi connectivity index (χ0v) is 13.2. The van der Waals surface area contributed by atoms with Gasteiger partial charge in [-0.15, -0.1) is 0 Å². The van der Waals surface area contributed by atoms with Crippen LogP contribution in [0.5, 0.6) is 0 Å². The Labute approximate surface area is 138 Å². The van der Waals surface area contributed by atoms with Crippen LogP contribution in [0.15, 0.2) is 34.9 Å². The van der Waals surface area contributed by atoms with E-state index in [1.54, 1.807) is 30.5 Å². The summed E-state index contributed by atoms with van der Waals surface area (Å²) in [5, 5.41) is 12.7. The van der Waals surface area contributed by atoms with Crippen LogP contribution in [0, 0.1) is 6.92 Å². The van der Waals surface area contributed by atoms with Crippen molar-refractivity contribution in [1.29, 1.82) is 0 Å². The third kappa shape index (κ3) is 4.07. The molecular weight excluding hydrogens is 308 g/mol. The standard InChI is InChI=1S/C16H16N6O2/c1-10-8-16(22-21-10)20-15-9-14(17-11(2)23)18-13(19-15)6-5-12-4-3-7-24-12/h3-9H,1-2H3,(H3,17,18,19,20,21,22,23)/b6-5+. The lowest BCUT2D eigenvalue weighted by atomic mass is 10.3. The highest BCUT2D eigenvalue weighted by Gasteiger charge is 2.06. The predicted molar refractivity (Wildman–Crippen MR) is 90.6 cm³/mol. The average molecular weight is 324 g/mol. The molecule has 24 heavy (non-hydrogen) atoms. The average Bonchev–Trinajstić information content (AvgIpc) is 3.16. The van der Waals surface area contributed by atoms with E-state index in [4.69, 9.17) is 4.42 Å². The Morgan fingerprint density at radius 2 is 2.04 bits per heavy atom. The first kappa shape index (κ1) is 15.5. The van der Waals surface area contributed by atoms with Crippen molar-refractivity contribution >= 4 is 35.5 Å². The first-order valence-corrected chi connectivity index (χ1v) is 7.26. The Morgan fingerprint density at radius 1 is 1.21 bits per heavy atom. The molecule has 0 aromatic carbocycles. The molecule has 122 valence electrons. The van der Waals surface area contributed by atoms with Gasteiger partial charge in [-0.1, -0.05) is 0 Å². The topological polar surface area (TPSA) is 109 Å². The van der Waals surface area contributed by atoms with Crippen LogP contribution >= 0.6 is 0 Å². The SMILES string of the molecule is CC(=O)Nc1cc(Nc2cc(C)[nH]n2)nc(/C=C/c2ccco2)n1. The van der Waals surface area contributed by atoms with Crippen molar-refractivity contribution in [3.63, 3.8) is 0 Å². The molecule has 3 N–H and O–H groups in total. The molecule has 3 heterocycles. The quantitative estimate of drug-likeness (QED) is 0.666. The van der Waals surface area contributed by atoms with Crippen LogP contribution in [0.4, 0.5) is 17.5 Å². The number of amides is 1. The van der Waals surface area contributed by atoms with Gasteiger partial charge in [0.15, 0.2) is 11.6 Å². The minimum Gasteiger partial charge on any atom is -0.465 e. The molecule has 8 nitrogen and oxygen atoms in total. The largest absolute Gasteiger partial charge is 0.465 e. The molecule has 3 aromatic heterocycles. The molecule has 0 aliphatic heterocycles. The molecule has 0 aliphatic carbocycles. The van der Waals surface area contributed by atoms with E-state index < -0.39 is 0 Å². The molecule has 0 spiro atoms. The van der Waals surface area contributed by atoms with Gasteiger partial charge in [-0.25, -0.2) is 9.97 Å². The summed E-state index contributed by atoms with van der Waals surface area (Å²) in [5.74, 6) is 2.43. The summed E-state index contributed by atoms with van der Waals surface area (Å²) >= 11 is 0. The first-order valence-electron chi connectivity index (χ1n) is 7.26. The highest BCUT2D eigenvalue weighted by Crippen LogP contribution is 2.17. The van der Waals surface area contributed by atoms with E-state index >= 15 is 0 Å². The summed E-state index contributed by atoms with van der Waals surface area (Å²) in [5.41, 5.74) is 0.923. The maximum absolute atomic E-state index is 11.3. The Balaban J connectivity index is 1.89. The zero-order valence-electron chi connectivity index (χ0n) is 13.2. The van der Waals surface area contributed by atoms with Crippen molar-refractivity contribution < 1.29 is 9.21 Å². The Hall–Kier alpha value is -3.42. The summed E-state index contributed by atoms with van der Waals surface area (Å²) in [6.45, 7) is 3.32. The van der Waals surface area contributed by atoms with E-state index in [-0.39, 0.29) is 5.91 Å². The van der Waals surface area contributed by atoms with Gasteiger partial charge in [0.1, 0.15) is 17.4 Å². The van der Waals surface area contributed by atoms with Gasteiger partial charge in [0.2, 0.25) is 5.91 Å². The summed E-state index contributed by atoms with van der Waals surface area (Å²) in [4.78, 5) is 20.0. The van der Waals surface area contributed by atoms with Crippen LogP contribution in [0.2, 0.25) is 0 Å². The monoisotopic (exact) mass is 324 g/mol. The summed E-state index contributed by atoms with van der Waals surface area (Å²) in [6.07, 6.45) is 5.03. The molecule has 0 saturated carbocycles. The van der Waals surface area contributed by atoms with Crippen LogP contribution in [0.25, 0.3) is 12.2 Å². The number of hydrogen-bond acceptors (Lipinski definition) is 6. The second kappa shape index (κ2) is 6.78. The number of aryl methyl sites for hydroxylation is 1. The number of hydrogen-bond donors (Lipinski definition) is 3. The Morgan fingerprint density at radius 3 is 2.71 bits per heavy atom. The maximum atomic E-state index is 11.3. The van der Waals surface area contributed by atoms with Crippen molar-refractivity contribution in [3.8, 4) is 0 Å². The molecule has 0 saturated heterocycles. The third-order valence-corrected chi connectivity index (χ3v) is 2.95. The number of aromatic nitrogens is 4. The van der Waals surface area contributed by atoms with Crippen molar-refractivity contribution in [1.82, 2.24) is 20.2 Å². The number of aromatic amines is 1. The van der Waals surface area contributed by atoms with Crippen molar-refractivity contribution in [3.05, 3.63) is 47.8 Å². The van der Waals surface area contributed by atoms with Crippen LogP contribution in [0.1, 0.15) is 24.2 Å². The second-order valence-electron chi connectivity index (χ2n) is 5.09. The minimum absolute atomic E-state index is 0.212. The highest BCUT2D eigenvalue weighted by atomic mass is 16.3. The van der Waals surface area contributed by atoms with Gasteiger partial charge in [-0.05, 0) is 31.2 Å². The minimum atomic E-state index is -0.212. The highest BCUT2D eigenvalue weighted by molar-refractivity contribution is 5.88. The summed E-state index contributed by atoms with van der Waals surface area (Å²) in [7, 11) is 0. The van der Waals surface area contributed by atoms with Crippen molar-refractivity contribution in [2.45, 2.75) is 13.8 Å². The Bertz CT molecular complexity index is 867. The number of rotatable bonds is 5. The van der Waals surface area contributed by atoms with Crippen LogP contribution in [0.3, 0.4) is 0 Å². The smallest absolute Gasteiger partial charge is 0.222 e. The van der Waals surface area contributed by atoms with Crippen LogP contribution in [-0.2, 0) is 4.79 Å². The molecule has 3 aromatic rings. The fraction of sp³-hybridized carbons (Fsp3) is 0.125. The molecule has 8 heteroatoms. The van der Waals surface area contributed by atoms with Crippen LogP contribution in [-0.4, -0.2) is 26.1 Å². The predicted octanol–water partition coefficient (Wildman–Crippen LogP) is 2.97. The molecule has 0 radical (unpaired) electrons. The molecule has 1 amide bonds. The van der Waals surface area contributed by atoms with Crippen molar-refractivity contribution in [2.24, 2.45) is 0 Å². The second-order valence-corrected chi connectivity index (χ2v) is 5.09. The van der Waals surface area contributed by atoms with Gasteiger partial charge in [0.05, 0.1) is 6.26 Å². The van der Waals surface area contributed by atoms with Gasteiger partial charge in [-0.2, -0.15) is 5.10 Å².